The summed E-state index contributed by atoms with van der Waals surface area (Å²) in [6, 6.07) is 5.70. The lowest BCUT2D eigenvalue weighted by atomic mass is 9.95. The standard InChI is InChI=1S/C17H26N4O/c1-11(2)9-19-14(22)10-21-13-8-6-7-12(18)15(13)20-16(21)17(3,4)5/h6-8,11H,9-10,18H2,1-5H3,(H,19,22). The Morgan fingerprint density at radius 3 is 2.64 bits per heavy atom. The third-order valence-corrected chi connectivity index (χ3v) is 3.49. The highest BCUT2D eigenvalue weighted by atomic mass is 16.1. The maximum absolute atomic E-state index is 12.2. The van der Waals surface area contributed by atoms with Crippen LogP contribution < -0.4 is 11.1 Å². The van der Waals surface area contributed by atoms with Gasteiger partial charge in [-0.05, 0) is 18.1 Å². The van der Waals surface area contributed by atoms with Crippen molar-refractivity contribution in [2.45, 2.75) is 46.6 Å². The fourth-order valence-corrected chi connectivity index (χ4v) is 2.42. The zero-order chi connectivity index (χ0) is 16.5. The van der Waals surface area contributed by atoms with E-state index in [1.54, 1.807) is 0 Å². The molecule has 0 saturated heterocycles. The predicted molar refractivity (Wildman–Crippen MR) is 90.7 cm³/mol. The summed E-state index contributed by atoms with van der Waals surface area (Å²) < 4.78 is 1.97. The second-order valence-corrected chi connectivity index (χ2v) is 7.18. The molecule has 0 bridgehead atoms. The number of aromatic nitrogens is 2. The van der Waals surface area contributed by atoms with Crippen LogP contribution in [0.25, 0.3) is 11.0 Å². The molecule has 0 aliphatic heterocycles. The first kappa shape index (κ1) is 16.3. The Labute approximate surface area is 131 Å². The number of nitrogens with zero attached hydrogens (tertiary/aromatic N) is 2. The predicted octanol–water partition coefficient (Wildman–Crippen LogP) is 2.69. The number of carbonyl (C=O) groups is 1. The monoisotopic (exact) mass is 302 g/mol. The van der Waals surface area contributed by atoms with Crippen LogP contribution in [-0.4, -0.2) is 22.0 Å². The van der Waals surface area contributed by atoms with Crippen LogP contribution in [0.15, 0.2) is 18.2 Å². The van der Waals surface area contributed by atoms with Crippen LogP contribution in [0, 0.1) is 5.92 Å². The van der Waals surface area contributed by atoms with E-state index in [9.17, 15) is 4.79 Å². The van der Waals surface area contributed by atoms with E-state index in [0.717, 1.165) is 16.9 Å². The lowest BCUT2D eigenvalue weighted by Crippen LogP contribution is -2.32. The molecule has 2 aromatic rings. The van der Waals surface area contributed by atoms with E-state index in [4.69, 9.17) is 5.73 Å². The summed E-state index contributed by atoms with van der Waals surface area (Å²) in [4.78, 5) is 16.9. The number of nitrogens with two attached hydrogens (primary N) is 1. The maximum atomic E-state index is 12.2. The van der Waals surface area contributed by atoms with E-state index in [0.29, 0.717) is 18.2 Å². The van der Waals surface area contributed by atoms with Crippen molar-refractivity contribution in [2.75, 3.05) is 12.3 Å². The van der Waals surface area contributed by atoms with Gasteiger partial charge < -0.3 is 15.6 Å². The van der Waals surface area contributed by atoms with Gasteiger partial charge in [0.2, 0.25) is 5.91 Å². The number of hydrogen-bond acceptors (Lipinski definition) is 3. The van der Waals surface area contributed by atoms with Crippen molar-refractivity contribution in [1.82, 2.24) is 14.9 Å². The average Bonchev–Trinajstić information content (AvgIpc) is 2.77. The molecular formula is C17H26N4O. The molecule has 22 heavy (non-hydrogen) atoms. The van der Waals surface area contributed by atoms with Crippen molar-refractivity contribution >= 4 is 22.6 Å². The Bertz CT molecular complexity index is 680. The van der Waals surface area contributed by atoms with Gasteiger partial charge in [0, 0.05) is 12.0 Å². The van der Waals surface area contributed by atoms with E-state index >= 15 is 0 Å². The Hall–Kier alpha value is -2.04. The fourth-order valence-electron chi connectivity index (χ4n) is 2.42. The van der Waals surface area contributed by atoms with Crippen LogP contribution in [0.5, 0.6) is 0 Å². The summed E-state index contributed by atoms with van der Waals surface area (Å²) in [7, 11) is 0. The van der Waals surface area contributed by atoms with E-state index < -0.39 is 0 Å². The highest BCUT2D eigenvalue weighted by molar-refractivity contribution is 5.89. The smallest absolute Gasteiger partial charge is 0.240 e. The van der Waals surface area contributed by atoms with Gasteiger partial charge in [-0.3, -0.25) is 4.79 Å². The van der Waals surface area contributed by atoms with Crippen LogP contribution in [-0.2, 0) is 16.8 Å². The molecule has 5 heteroatoms. The average molecular weight is 302 g/mol. The molecule has 0 aliphatic rings. The first-order chi connectivity index (χ1) is 10.2. The van der Waals surface area contributed by atoms with Crippen LogP contribution in [0.2, 0.25) is 0 Å². The highest BCUT2D eigenvalue weighted by Gasteiger charge is 2.24. The summed E-state index contributed by atoms with van der Waals surface area (Å²) in [6.45, 7) is 11.4. The SMILES string of the molecule is CC(C)CNC(=O)Cn1c(C(C)(C)C)nc2c(N)cccc21. The molecule has 0 atom stereocenters. The summed E-state index contributed by atoms with van der Waals surface area (Å²) in [5.74, 6) is 1.31. The summed E-state index contributed by atoms with van der Waals surface area (Å²) >= 11 is 0. The van der Waals surface area contributed by atoms with Gasteiger partial charge in [-0.2, -0.15) is 0 Å². The molecule has 0 aliphatic carbocycles. The number of anilines is 1. The topological polar surface area (TPSA) is 72.9 Å². The van der Waals surface area contributed by atoms with Gasteiger partial charge in [-0.25, -0.2) is 4.98 Å². The van der Waals surface area contributed by atoms with Crippen molar-refractivity contribution < 1.29 is 4.79 Å². The van der Waals surface area contributed by atoms with E-state index in [1.165, 1.54) is 0 Å². The van der Waals surface area contributed by atoms with Crippen LogP contribution in [0.3, 0.4) is 0 Å². The molecule has 0 unspecified atom stereocenters. The molecule has 1 amide bonds. The van der Waals surface area contributed by atoms with Crippen molar-refractivity contribution in [3.63, 3.8) is 0 Å². The summed E-state index contributed by atoms with van der Waals surface area (Å²) in [5, 5.41) is 2.96. The van der Waals surface area contributed by atoms with Gasteiger partial charge in [0.15, 0.2) is 0 Å². The third-order valence-electron chi connectivity index (χ3n) is 3.49. The Morgan fingerprint density at radius 1 is 1.36 bits per heavy atom. The number of nitrogens with one attached hydrogen (secondary N) is 1. The van der Waals surface area contributed by atoms with Gasteiger partial charge in [0.05, 0.1) is 11.2 Å². The minimum Gasteiger partial charge on any atom is -0.397 e. The zero-order valence-corrected chi connectivity index (χ0v) is 14.1. The van der Waals surface area contributed by atoms with Gasteiger partial charge in [0.25, 0.3) is 0 Å². The number of nitrogen functional groups attached to an aromatic ring is 1. The van der Waals surface area contributed by atoms with Crippen molar-refractivity contribution in [3.8, 4) is 0 Å². The van der Waals surface area contributed by atoms with Gasteiger partial charge >= 0.3 is 0 Å². The summed E-state index contributed by atoms with van der Waals surface area (Å²) in [6.07, 6.45) is 0. The lowest BCUT2D eigenvalue weighted by Gasteiger charge is -2.20. The van der Waals surface area contributed by atoms with E-state index in [2.05, 4.69) is 44.9 Å². The normalized spacial score (nSPS) is 12.1. The Balaban J connectivity index is 2.42. The van der Waals surface area contributed by atoms with Crippen molar-refractivity contribution in [2.24, 2.45) is 5.92 Å². The highest BCUT2D eigenvalue weighted by Crippen LogP contribution is 2.28. The molecule has 0 saturated carbocycles. The van der Waals surface area contributed by atoms with Crippen LogP contribution >= 0.6 is 0 Å². The first-order valence-electron chi connectivity index (χ1n) is 7.72. The fraction of sp³-hybridized carbons (Fsp3) is 0.529. The number of hydrogen-bond donors (Lipinski definition) is 2. The Morgan fingerprint density at radius 2 is 2.05 bits per heavy atom. The maximum Gasteiger partial charge on any atom is 0.240 e. The lowest BCUT2D eigenvalue weighted by molar-refractivity contribution is -0.121. The molecular weight excluding hydrogens is 276 g/mol. The molecule has 1 heterocycles. The van der Waals surface area contributed by atoms with E-state index in [-0.39, 0.29) is 17.9 Å². The second kappa shape index (κ2) is 5.99. The number of rotatable bonds is 4. The van der Waals surface area contributed by atoms with Crippen LogP contribution in [0.1, 0.15) is 40.4 Å². The van der Waals surface area contributed by atoms with Gasteiger partial charge in [-0.15, -0.1) is 0 Å². The molecule has 0 radical (unpaired) electrons. The minimum atomic E-state index is -0.163. The summed E-state index contributed by atoms with van der Waals surface area (Å²) in [5.41, 5.74) is 8.19. The van der Waals surface area contributed by atoms with Gasteiger partial charge in [0.1, 0.15) is 17.9 Å². The molecule has 5 nitrogen and oxygen atoms in total. The minimum absolute atomic E-state index is 0.000856. The number of para-hydroxylation sites is 1. The number of carbonyl (C=O) groups excluding carboxylic acids is 1. The third kappa shape index (κ3) is 3.40. The quantitative estimate of drug-likeness (QED) is 0.853. The van der Waals surface area contributed by atoms with Crippen LogP contribution in [0.4, 0.5) is 5.69 Å². The van der Waals surface area contributed by atoms with Crippen molar-refractivity contribution in [3.05, 3.63) is 24.0 Å². The molecule has 0 fully saturated rings. The molecule has 1 aromatic heterocycles. The molecule has 3 N–H and O–H groups in total. The van der Waals surface area contributed by atoms with Gasteiger partial charge in [-0.1, -0.05) is 40.7 Å². The second-order valence-electron chi connectivity index (χ2n) is 7.18. The molecule has 2 rings (SSSR count). The van der Waals surface area contributed by atoms with E-state index in [1.807, 2.05) is 22.8 Å². The number of benzene rings is 1. The number of amides is 1. The molecule has 120 valence electrons. The largest absolute Gasteiger partial charge is 0.397 e. The first-order valence-corrected chi connectivity index (χ1v) is 7.72. The van der Waals surface area contributed by atoms with Crippen molar-refractivity contribution in [1.29, 1.82) is 0 Å². The number of fused-ring (bicyclic) bond motifs is 1. The molecule has 1 aromatic carbocycles. The number of imidazole rings is 1. The zero-order valence-electron chi connectivity index (χ0n) is 14.1. The molecule has 0 spiro atoms. The Kier molecular flexibility index (Phi) is 4.44.